The topological polar surface area (TPSA) is 3.24 Å². The SMILES string of the molecule is CC1(C)c2ccccc2-c2ccc(-c3ccccc3N(c3ccccc3)c3cccc(-c4ccccc4)c3-c3ccccc3-c3ccccc3)cc21. The highest BCUT2D eigenvalue weighted by Crippen LogP contribution is 2.52. The lowest BCUT2D eigenvalue weighted by Crippen LogP contribution is -2.15. The van der Waals surface area contributed by atoms with Crippen molar-refractivity contribution in [3.63, 3.8) is 0 Å². The predicted octanol–water partition coefficient (Wildman–Crippen LogP) is 14.1. The third kappa shape index (κ3) is 5.34. The van der Waals surface area contributed by atoms with Crippen LogP contribution in [0.25, 0.3) is 55.6 Å². The van der Waals surface area contributed by atoms with Gasteiger partial charge in [0, 0.05) is 22.2 Å². The number of para-hydroxylation sites is 2. The van der Waals surface area contributed by atoms with Gasteiger partial charge in [0.25, 0.3) is 0 Å². The molecular weight excluding hydrogens is 627 g/mol. The normalized spacial score (nSPS) is 12.6. The van der Waals surface area contributed by atoms with Crippen LogP contribution in [0.4, 0.5) is 17.1 Å². The number of fused-ring (bicyclic) bond motifs is 3. The summed E-state index contributed by atoms with van der Waals surface area (Å²) in [6, 6.07) is 72.8. The van der Waals surface area contributed by atoms with Gasteiger partial charge in [0.15, 0.2) is 0 Å². The number of rotatable bonds is 7. The standard InChI is InChI=1S/C51H39N/c1-51(2)46-30-16-14-27-43(46)44-34-33-38(35-47(44)51)41-26-15-17-31-48(41)52(39-23-10-5-11-24-39)49-32-18-29-42(37-21-8-4-9-22-37)50(49)45-28-13-12-25-40(45)36-19-6-3-7-20-36/h3-35H,1-2H3. The summed E-state index contributed by atoms with van der Waals surface area (Å²) in [5.74, 6) is 0. The number of hydrogen-bond acceptors (Lipinski definition) is 1. The molecule has 1 nitrogen and oxygen atoms in total. The van der Waals surface area contributed by atoms with E-state index < -0.39 is 0 Å². The first-order valence-electron chi connectivity index (χ1n) is 18.1. The van der Waals surface area contributed by atoms with Crippen molar-refractivity contribution in [1.29, 1.82) is 0 Å². The van der Waals surface area contributed by atoms with E-state index >= 15 is 0 Å². The van der Waals surface area contributed by atoms with Crippen LogP contribution in [0.5, 0.6) is 0 Å². The van der Waals surface area contributed by atoms with E-state index in [1.807, 2.05) is 0 Å². The van der Waals surface area contributed by atoms with E-state index in [4.69, 9.17) is 0 Å². The van der Waals surface area contributed by atoms with Gasteiger partial charge in [0.2, 0.25) is 0 Å². The minimum absolute atomic E-state index is 0.0890. The van der Waals surface area contributed by atoms with Gasteiger partial charge < -0.3 is 4.90 Å². The fourth-order valence-electron chi connectivity index (χ4n) is 8.21. The molecule has 0 aliphatic heterocycles. The average Bonchev–Trinajstić information content (AvgIpc) is 3.44. The molecule has 0 saturated heterocycles. The Morgan fingerprint density at radius 1 is 0.327 bits per heavy atom. The Morgan fingerprint density at radius 2 is 0.827 bits per heavy atom. The molecule has 8 aromatic rings. The molecule has 0 radical (unpaired) electrons. The molecule has 0 amide bonds. The summed E-state index contributed by atoms with van der Waals surface area (Å²) < 4.78 is 0. The Hall–Kier alpha value is -6.44. The number of anilines is 3. The molecule has 1 aliphatic carbocycles. The molecule has 0 N–H and O–H groups in total. The molecule has 0 unspecified atom stereocenters. The van der Waals surface area contributed by atoms with Crippen molar-refractivity contribution in [2.45, 2.75) is 19.3 Å². The lowest BCUT2D eigenvalue weighted by atomic mass is 9.81. The molecule has 0 saturated carbocycles. The highest BCUT2D eigenvalue weighted by Gasteiger charge is 2.35. The lowest BCUT2D eigenvalue weighted by Gasteiger charge is -2.31. The third-order valence-corrected chi connectivity index (χ3v) is 10.7. The Bertz CT molecular complexity index is 2530. The van der Waals surface area contributed by atoms with Crippen LogP contribution in [0.3, 0.4) is 0 Å². The minimum atomic E-state index is -0.0890. The van der Waals surface area contributed by atoms with Crippen LogP contribution in [0.15, 0.2) is 200 Å². The Balaban J connectivity index is 1.31. The molecule has 1 aliphatic rings. The van der Waals surface area contributed by atoms with E-state index in [2.05, 4.69) is 219 Å². The van der Waals surface area contributed by atoms with Crippen LogP contribution in [-0.4, -0.2) is 0 Å². The zero-order valence-electron chi connectivity index (χ0n) is 29.5. The van der Waals surface area contributed by atoms with E-state index in [0.29, 0.717) is 0 Å². The van der Waals surface area contributed by atoms with Gasteiger partial charge >= 0.3 is 0 Å². The summed E-state index contributed by atoms with van der Waals surface area (Å²) in [6.45, 7) is 4.71. The molecule has 52 heavy (non-hydrogen) atoms. The van der Waals surface area contributed by atoms with Crippen molar-refractivity contribution in [1.82, 2.24) is 0 Å². The highest BCUT2D eigenvalue weighted by atomic mass is 15.1. The zero-order valence-corrected chi connectivity index (χ0v) is 29.5. The molecule has 248 valence electrons. The largest absolute Gasteiger partial charge is 0.309 e. The second-order valence-corrected chi connectivity index (χ2v) is 14.1. The zero-order chi connectivity index (χ0) is 35.1. The van der Waals surface area contributed by atoms with Crippen LogP contribution in [0.1, 0.15) is 25.0 Å². The van der Waals surface area contributed by atoms with Crippen LogP contribution in [0.2, 0.25) is 0 Å². The molecule has 0 spiro atoms. The third-order valence-electron chi connectivity index (χ3n) is 10.7. The first-order valence-corrected chi connectivity index (χ1v) is 18.1. The Kier molecular flexibility index (Phi) is 7.90. The average molecular weight is 666 g/mol. The lowest BCUT2D eigenvalue weighted by molar-refractivity contribution is 0.660. The van der Waals surface area contributed by atoms with Crippen molar-refractivity contribution >= 4 is 17.1 Å². The minimum Gasteiger partial charge on any atom is -0.309 e. The Labute approximate surface area is 307 Å². The maximum atomic E-state index is 2.46. The molecule has 0 bridgehead atoms. The van der Waals surface area contributed by atoms with E-state index in [1.54, 1.807) is 0 Å². The van der Waals surface area contributed by atoms with Gasteiger partial charge in [-0.15, -0.1) is 0 Å². The number of hydrogen-bond donors (Lipinski definition) is 0. The maximum Gasteiger partial charge on any atom is 0.0546 e. The Morgan fingerprint density at radius 3 is 1.54 bits per heavy atom. The monoisotopic (exact) mass is 665 g/mol. The van der Waals surface area contributed by atoms with Gasteiger partial charge in [0.05, 0.1) is 11.4 Å². The molecule has 0 aromatic heterocycles. The van der Waals surface area contributed by atoms with E-state index in [1.165, 1.54) is 66.8 Å². The molecule has 8 aromatic carbocycles. The van der Waals surface area contributed by atoms with E-state index in [-0.39, 0.29) is 5.41 Å². The van der Waals surface area contributed by atoms with E-state index in [0.717, 1.165) is 17.1 Å². The molecule has 1 heteroatoms. The smallest absolute Gasteiger partial charge is 0.0546 e. The van der Waals surface area contributed by atoms with Gasteiger partial charge in [-0.05, 0) is 86.0 Å². The van der Waals surface area contributed by atoms with Crippen molar-refractivity contribution in [2.24, 2.45) is 0 Å². The predicted molar refractivity (Wildman–Crippen MR) is 220 cm³/mol. The molecular formula is C51H39N. The van der Waals surface area contributed by atoms with Crippen molar-refractivity contribution in [2.75, 3.05) is 4.90 Å². The maximum absolute atomic E-state index is 2.46. The van der Waals surface area contributed by atoms with Gasteiger partial charge in [-0.3, -0.25) is 0 Å². The molecule has 9 rings (SSSR count). The van der Waals surface area contributed by atoms with Gasteiger partial charge in [-0.25, -0.2) is 0 Å². The number of nitrogens with zero attached hydrogens (tertiary/aromatic N) is 1. The summed E-state index contributed by atoms with van der Waals surface area (Å²) in [4.78, 5) is 2.46. The van der Waals surface area contributed by atoms with Gasteiger partial charge in [-0.2, -0.15) is 0 Å². The first kappa shape index (κ1) is 31.5. The van der Waals surface area contributed by atoms with E-state index in [9.17, 15) is 0 Å². The summed E-state index contributed by atoms with van der Waals surface area (Å²) in [5, 5.41) is 0. The van der Waals surface area contributed by atoms with Crippen molar-refractivity contribution in [3.8, 4) is 55.6 Å². The number of benzene rings is 8. The van der Waals surface area contributed by atoms with Crippen LogP contribution < -0.4 is 4.90 Å². The quantitative estimate of drug-likeness (QED) is 0.164. The highest BCUT2D eigenvalue weighted by molar-refractivity contribution is 6.02. The molecule has 0 heterocycles. The molecule has 0 atom stereocenters. The summed E-state index contributed by atoms with van der Waals surface area (Å²) in [5.41, 5.74) is 18.3. The summed E-state index contributed by atoms with van der Waals surface area (Å²) in [7, 11) is 0. The first-order chi connectivity index (χ1) is 25.6. The van der Waals surface area contributed by atoms with Crippen molar-refractivity contribution < 1.29 is 0 Å². The van der Waals surface area contributed by atoms with Crippen LogP contribution >= 0.6 is 0 Å². The van der Waals surface area contributed by atoms with Crippen LogP contribution in [0, 0.1) is 0 Å². The summed E-state index contributed by atoms with van der Waals surface area (Å²) in [6.07, 6.45) is 0. The second kappa shape index (κ2) is 13.0. The van der Waals surface area contributed by atoms with Gasteiger partial charge in [-0.1, -0.05) is 184 Å². The second-order valence-electron chi connectivity index (χ2n) is 14.1. The summed E-state index contributed by atoms with van der Waals surface area (Å²) >= 11 is 0. The fraction of sp³-hybridized carbons (Fsp3) is 0.0588. The fourth-order valence-corrected chi connectivity index (χ4v) is 8.21. The van der Waals surface area contributed by atoms with Gasteiger partial charge in [0.1, 0.15) is 0 Å². The molecule has 0 fully saturated rings. The van der Waals surface area contributed by atoms with Crippen LogP contribution in [-0.2, 0) is 5.41 Å². The van der Waals surface area contributed by atoms with Crippen molar-refractivity contribution in [3.05, 3.63) is 211 Å².